The number of aromatic nitrogens is 4. The monoisotopic (exact) mass is 1070 g/mol. The minimum atomic E-state index is -1.07. The van der Waals surface area contributed by atoms with Gasteiger partial charge in [0.05, 0.1) is 16.9 Å². The fourth-order valence-electron chi connectivity index (χ4n) is 9.92. The number of fused-ring (bicyclic) bond motifs is 4. The Morgan fingerprint density at radius 1 is 0.632 bits per heavy atom. The molecule has 1 aliphatic carbocycles. The average Bonchev–Trinajstić information content (AvgIpc) is 3.90. The molecule has 5 nitrogen and oxygen atoms in total. The van der Waals surface area contributed by atoms with Gasteiger partial charge in [0.15, 0.2) is 0 Å². The van der Waals surface area contributed by atoms with E-state index in [4.69, 9.17) is 9.72 Å². The Bertz CT molecular complexity index is 3540. The van der Waals surface area contributed by atoms with Crippen molar-refractivity contribution in [3.8, 4) is 56.6 Å². The number of para-hydroxylation sites is 3. The maximum absolute atomic E-state index is 9.71. The Balaban J connectivity index is 0.00000582. The molecule has 0 bridgehead atoms. The molecule has 7 aromatic carbocycles. The third kappa shape index (κ3) is 8.51. The fourth-order valence-corrected chi connectivity index (χ4v) is 9.92. The number of hydrogen-bond donors (Lipinski definition) is 0. The smallest absolute Gasteiger partial charge is 0.503 e. The molecule has 0 atom stereocenters. The average molecular weight is 1070 g/mol. The number of benzene rings is 7. The number of pyridine rings is 1. The van der Waals surface area contributed by atoms with Gasteiger partial charge in [0.25, 0.3) is 0 Å². The third-order valence-electron chi connectivity index (χ3n) is 13.7. The Hall–Kier alpha value is -6.55. The standard InChI is InChI=1S/C62H56N4O.Pt/c1-40(2)53-37-48(45-27-25-43(26-28-45)42-21-23-44(24-22-42)46-31-33-62(5,6)34-32-46)38-54(41(3)4)60(53)66-57-19-10-8-17-55(57)64-61(66)47-14-13-15-49(36-47)67-50-29-30-52-51-16-7-9-18-56(51)65(58(52)39-50)59-20-11-12-35-63-59;/h7-30,35,37-38,40-41,46H,31-34H2,1-6H3;/q-2;+2/i40D,41D,46D;. The van der Waals surface area contributed by atoms with Gasteiger partial charge in [-0.3, -0.25) is 4.98 Å². The van der Waals surface area contributed by atoms with Crippen LogP contribution >= 0.6 is 0 Å². The zero-order chi connectivity index (χ0) is 48.6. The number of rotatable bonds is 10. The summed E-state index contributed by atoms with van der Waals surface area (Å²) in [5, 5.41) is 2.15. The minimum absolute atomic E-state index is 0. The second kappa shape index (κ2) is 18.5. The first-order valence-corrected chi connectivity index (χ1v) is 23.5. The fraction of sp³-hybridized carbons (Fsp3) is 0.226. The minimum Gasteiger partial charge on any atom is -0.503 e. The second-order valence-corrected chi connectivity index (χ2v) is 19.3. The van der Waals surface area contributed by atoms with Gasteiger partial charge in [0.1, 0.15) is 5.82 Å². The molecule has 0 spiro atoms. The predicted molar refractivity (Wildman–Crippen MR) is 277 cm³/mol. The molecule has 0 amide bonds. The summed E-state index contributed by atoms with van der Waals surface area (Å²) in [6.45, 7) is 12.3. The van der Waals surface area contributed by atoms with E-state index in [0.29, 0.717) is 28.3 Å². The molecule has 11 rings (SSSR count). The molecule has 0 unspecified atom stereocenters. The summed E-state index contributed by atoms with van der Waals surface area (Å²) < 4.78 is 39.5. The van der Waals surface area contributed by atoms with Crippen LogP contribution in [0, 0.1) is 17.5 Å². The number of nitrogens with zero attached hydrogens (tertiary/aromatic N) is 4. The summed E-state index contributed by atoms with van der Waals surface area (Å²) in [4.78, 5) is 9.93. The molecule has 6 heteroatoms. The Kier molecular flexibility index (Phi) is 11.3. The van der Waals surface area contributed by atoms with Crippen molar-refractivity contribution in [1.29, 1.82) is 0 Å². The second-order valence-electron chi connectivity index (χ2n) is 19.3. The van der Waals surface area contributed by atoms with E-state index in [2.05, 4.69) is 125 Å². The molecule has 68 heavy (non-hydrogen) atoms. The molecule has 0 aliphatic heterocycles. The van der Waals surface area contributed by atoms with Gasteiger partial charge in [-0.25, -0.2) is 4.98 Å². The first kappa shape index (κ1) is 41.6. The van der Waals surface area contributed by atoms with Gasteiger partial charge in [-0.15, -0.1) is 41.3 Å². The Morgan fingerprint density at radius 3 is 1.93 bits per heavy atom. The van der Waals surface area contributed by atoms with E-state index in [1.165, 1.54) is 0 Å². The van der Waals surface area contributed by atoms with E-state index < -0.39 is 17.7 Å². The molecule has 0 saturated heterocycles. The molecule has 1 aliphatic rings. The quantitative estimate of drug-likeness (QED) is 0.128. The van der Waals surface area contributed by atoms with Crippen LogP contribution in [0.5, 0.6) is 11.5 Å². The largest absolute Gasteiger partial charge is 2.00 e. The van der Waals surface area contributed by atoms with E-state index in [9.17, 15) is 4.11 Å². The molecule has 340 valence electrons. The normalized spacial score (nSPS) is 15.4. The molecule has 1 saturated carbocycles. The van der Waals surface area contributed by atoms with Gasteiger partial charge in [-0.1, -0.05) is 138 Å². The summed E-state index contributed by atoms with van der Waals surface area (Å²) >= 11 is 0. The predicted octanol–water partition coefficient (Wildman–Crippen LogP) is 16.8. The van der Waals surface area contributed by atoms with Crippen molar-refractivity contribution in [2.24, 2.45) is 5.41 Å². The first-order valence-electron chi connectivity index (χ1n) is 25.0. The molecule has 0 radical (unpaired) electrons. The van der Waals surface area contributed by atoms with Crippen LogP contribution < -0.4 is 4.74 Å². The van der Waals surface area contributed by atoms with Crippen LogP contribution in [0.1, 0.15) is 106 Å². The van der Waals surface area contributed by atoms with Gasteiger partial charge in [0.2, 0.25) is 0 Å². The molecule has 3 heterocycles. The van der Waals surface area contributed by atoms with E-state index in [1.807, 2.05) is 100 Å². The first-order chi connectivity index (χ1) is 33.5. The van der Waals surface area contributed by atoms with Crippen LogP contribution in [0.25, 0.3) is 78.0 Å². The van der Waals surface area contributed by atoms with Gasteiger partial charge >= 0.3 is 21.1 Å². The Morgan fingerprint density at radius 2 is 1.25 bits per heavy atom. The van der Waals surface area contributed by atoms with Crippen LogP contribution in [-0.4, -0.2) is 19.1 Å². The summed E-state index contributed by atoms with van der Waals surface area (Å²) in [7, 11) is 0. The Labute approximate surface area is 419 Å². The number of ether oxygens (including phenoxy) is 1. The zero-order valence-electron chi connectivity index (χ0n) is 42.4. The van der Waals surface area contributed by atoms with Gasteiger partial charge in [-0.05, 0) is 136 Å². The van der Waals surface area contributed by atoms with Crippen LogP contribution in [0.4, 0.5) is 0 Å². The van der Waals surface area contributed by atoms with Crippen molar-refractivity contribution in [3.05, 3.63) is 193 Å². The molecular formula is C62H56N4OPt. The zero-order valence-corrected chi connectivity index (χ0v) is 41.7. The summed E-state index contributed by atoms with van der Waals surface area (Å²) in [5.74, 6) is -0.210. The van der Waals surface area contributed by atoms with Gasteiger partial charge in [0, 0.05) is 33.0 Å². The van der Waals surface area contributed by atoms with Crippen molar-refractivity contribution < 1.29 is 29.9 Å². The van der Waals surface area contributed by atoms with Gasteiger partial charge in [-0.2, -0.15) is 6.07 Å². The van der Waals surface area contributed by atoms with E-state index in [0.717, 1.165) is 109 Å². The maximum Gasteiger partial charge on any atom is 2.00 e. The van der Waals surface area contributed by atoms with E-state index in [1.54, 1.807) is 6.20 Å². The maximum atomic E-state index is 9.71. The van der Waals surface area contributed by atoms with Crippen molar-refractivity contribution in [1.82, 2.24) is 19.1 Å². The topological polar surface area (TPSA) is 44.9 Å². The molecule has 1 fully saturated rings. The molecule has 10 aromatic rings. The molecule has 3 aromatic heterocycles. The van der Waals surface area contributed by atoms with Crippen molar-refractivity contribution in [3.63, 3.8) is 0 Å². The number of imidazole rings is 1. The van der Waals surface area contributed by atoms with E-state index >= 15 is 0 Å². The SMILES string of the molecule is [2H]C(C)(C)c1cc(-c2ccc(-c3ccc(C4([2H])CCC(C)(C)CC4)cc3)cc2)cc(C([2H])(C)C)c1-n1c(-c2[c-]c(Oc3[c-]c4c(cc3)c3ccccc3n4-c3ccccn3)ccc2)nc2ccccc21.[Pt+2]. The van der Waals surface area contributed by atoms with E-state index in [-0.39, 0.29) is 21.1 Å². The van der Waals surface area contributed by atoms with Crippen LogP contribution in [-0.2, 0) is 21.1 Å². The van der Waals surface area contributed by atoms with Crippen molar-refractivity contribution in [2.75, 3.05) is 0 Å². The van der Waals surface area contributed by atoms with Crippen LogP contribution in [0.3, 0.4) is 0 Å². The van der Waals surface area contributed by atoms with Crippen molar-refractivity contribution in [2.45, 2.75) is 84.9 Å². The third-order valence-corrected chi connectivity index (χ3v) is 13.7. The summed E-state index contributed by atoms with van der Waals surface area (Å²) in [5.41, 5.74) is 12.1. The molecular weight excluding hydrogens is 1010 g/mol. The summed E-state index contributed by atoms with van der Waals surface area (Å²) in [6, 6.07) is 60.6. The van der Waals surface area contributed by atoms with Crippen molar-refractivity contribution >= 4 is 32.8 Å². The van der Waals surface area contributed by atoms with Crippen LogP contribution in [0.2, 0.25) is 0 Å². The molecule has 0 N–H and O–H groups in total. The van der Waals surface area contributed by atoms with Gasteiger partial charge < -0.3 is 13.9 Å². The summed E-state index contributed by atoms with van der Waals surface area (Å²) in [6.07, 6.45) is 5.72. The number of hydrogen-bond acceptors (Lipinski definition) is 3. The van der Waals surface area contributed by atoms with Crippen LogP contribution in [0.15, 0.2) is 164 Å².